The maximum Gasteiger partial charge on any atom is 0.135 e. The summed E-state index contributed by atoms with van der Waals surface area (Å²) in [7, 11) is 0. The first-order valence-corrected chi connectivity index (χ1v) is 6.77. The van der Waals surface area contributed by atoms with Crippen LogP contribution in [-0.2, 0) is 0 Å². The summed E-state index contributed by atoms with van der Waals surface area (Å²) in [6.07, 6.45) is 2.50. The zero-order valence-corrected chi connectivity index (χ0v) is 11.9. The number of anilines is 2. The van der Waals surface area contributed by atoms with Gasteiger partial charge in [0.15, 0.2) is 0 Å². The minimum atomic E-state index is 0.310. The Balaban J connectivity index is 2.27. The van der Waals surface area contributed by atoms with E-state index in [0.29, 0.717) is 17.2 Å². The van der Waals surface area contributed by atoms with Crippen LogP contribution in [0.1, 0.15) is 52.3 Å². The highest BCUT2D eigenvalue weighted by atomic mass is 15.2. The first-order chi connectivity index (χ1) is 8.37. The largest absolute Gasteiger partial charge is 0.384 e. The Bertz CT molecular complexity index is 426. The molecule has 4 heteroatoms. The minimum absolute atomic E-state index is 0.310. The van der Waals surface area contributed by atoms with Gasteiger partial charge in [-0.2, -0.15) is 0 Å². The van der Waals surface area contributed by atoms with Gasteiger partial charge in [0.25, 0.3) is 0 Å². The Kier molecular flexibility index (Phi) is 3.46. The Hall–Kier alpha value is -1.32. The van der Waals surface area contributed by atoms with Crippen molar-refractivity contribution in [1.29, 1.82) is 0 Å². The molecular weight excluding hydrogens is 224 g/mol. The van der Waals surface area contributed by atoms with Gasteiger partial charge in [-0.3, -0.25) is 0 Å². The van der Waals surface area contributed by atoms with E-state index in [0.717, 1.165) is 24.7 Å². The Morgan fingerprint density at radius 1 is 1.33 bits per heavy atom. The summed E-state index contributed by atoms with van der Waals surface area (Å²) in [4.78, 5) is 11.3. The van der Waals surface area contributed by atoms with Crippen LogP contribution >= 0.6 is 0 Å². The minimum Gasteiger partial charge on any atom is -0.384 e. The summed E-state index contributed by atoms with van der Waals surface area (Å²) >= 11 is 0. The van der Waals surface area contributed by atoms with E-state index in [2.05, 4.69) is 42.6 Å². The van der Waals surface area contributed by atoms with Crippen LogP contribution in [0, 0.1) is 5.41 Å². The molecule has 2 N–H and O–H groups in total. The van der Waals surface area contributed by atoms with Crippen molar-refractivity contribution in [1.82, 2.24) is 9.97 Å². The third kappa shape index (κ3) is 2.92. The second-order valence-corrected chi connectivity index (χ2v) is 6.35. The van der Waals surface area contributed by atoms with E-state index in [-0.39, 0.29) is 0 Å². The molecule has 4 nitrogen and oxygen atoms in total. The van der Waals surface area contributed by atoms with Crippen molar-refractivity contribution < 1.29 is 0 Å². The van der Waals surface area contributed by atoms with Crippen LogP contribution in [-0.4, -0.2) is 23.1 Å². The second kappa shape index (κ2) is 4.75. The van der Waals surface area contributed by atoms with Gasteiger partial charge in [-0.25, -0.2) is 9.97 Å². The molecule has 0 spiro atoms. The van der Waals surface area contributed by atoms with Crippen molar-refractivity contribution in [3.05, 3.63) is 11.9 Å². The number of rotatable bonds is 2. The quantitative estimate of drug-likeness (QED) is 0.874. The summed E-state index contributed by atoms with van der Waals surface area (Å²) in [5, 5.41) is 0. The number of hydrogen-bond donors (Lipinski definition) is 1. The van der Waals surface area contributed by atoms with Crippen LogP contribution in [0.2, 0.25) is 0 Å². The van der Waals surface area contributed by atoms with Gasteiger partial charge in [0.1, 0.15) is 17.5 Å². The average molecular weight is 248 g/mol. The van der Waals surface area contributed by atoms with Crippen LogP contribution < -0.4 is 10.6 Å². The number of hydrogen-bond acceptors (Lipinski definition) is 4. The molecule has 1 aliphatic heterocycles. The molecule has 1 fully saturated rings. The third-order valence-electron chi connectivity index (χ3n) is 3.49. The van der Waals surface area contributed by atoms with E-state index >= 15 is 0 Å². The summed E-state index contributed by atoms with van der Waals surface area (Å²) in [5.41, 5.74) is 6.25. The van der Waals surface area contributed by atoms with Gasteiger partial charge in [0, 0.05) is 25.1 Å². The second-order valence-electron chi connectivity index (χ2n) is 6.35. The lowest BCUT2D eigenvalue weighted by atomic mass is 9.84. The molecule has 0 bridgehead atoms. The Morgan fingerprint density at radius 3 is 2.67 bits per heavy atom. The molecule has 1 aliphatic rings. The fourth-order valence-electron chi connectivity index (χ4n) is 2.51. The van der Waals surface area contributed by atoms with Crippen LogP contribution in [0.3, 0.4) is 0 Å². The number of piperidine rings is 1. The molecule has 1 aromatic heterocycles. The van der Waals surface area contributed by atoms with Crippen LogP contribution in [0.5, 0.6) is 0 Å². The van der Waals surface area contributed by atoms with E-state index in [1.165, 1.54) is 12.8 Å². The van der Waals surface area contributed by atoms with E-state index in [4.69, 9.17) is 5.73 Å². The summed E-state index contributed by atoms with van der Waals surface area (Å²) in [6, 6.07) is 1.90. The van der Waals surface area contributed by atoms with E-state index in [1.807, 2.05) is 6.07 Å². The SMILES string of the molecule is CC(C)c1nc(N)cc(N2CCCC(C)(C)C2)n1. The van der Waals surface area contributed by atoms with Crippen molar-refractivity contribution in [2.45, 2.75) is 46.5 Å². The monoisotopic (exact) mass is 248 g/mol. The van der Waals surface area contributed by atoms with Gasteiger partial charge in [0.2, 0.25) is 0 Å². The highest BCUT2D eigenvalue weighted by Gasteiger charge is 2.27. The smallest absolute Gasteiger partial charge is 0.135 e. The van der Waals surface area contributed by atoms with Crippen LogP contribution in [0.15, 0.2) is 6.07 Å². The fourth-order valence-corrected chi connectivity index (χ4v) is 2.51. The standard InChI is InChI=1S/C14H24N4/c1-10(2)13-16-11(15)8-12(17-13)18-7-5-6-14(3,4)9-18/h8,10H,5-7,9H2,1-4H3,(H2,15,16,17). The predicted molar refractivity (Wildman–Crippen MR) is 75.8 cm³/mol. The van der Waals surface area contributed by atoms with Gasteiger partial charge >= 0.3 is 0 Å². The first kappa shape index (κ1) is 13.1. The molecule has 0 radical (unpaired) electrons. The van der Waals surface area contributed by atoms with Gasteiger partial charge in [0.05, 0.1) is 0 Å². The molecule has 0 saturated carbocycles. The van der Waals surface area contributed by atoms with Gasteiger partial charge in [-0.15, -0.1) is 0 Å². The molecular formula is C14H24N4. The molecule has 100 valence electrons. The zero-order chi connectivity index (χ0) is 13.3. The van der Waals surface area contributed by atoms with Crippen molar-refractivity contribution in [2.75, 3.05) is 23.7 Å². The van der Waals surface area contributed by atoms with E-state index < -0.39 is 0 Å². The zero-order valence-electron chi connectivity index (χ0n) is 11.9. The maximum absolute atomic E-state index is 5.89. The highest BCUT2D eigenvalue weighted by Crippen LogP contribution is 2.31. The number of nitrogen functional groups attached to an aromatic ring is 1. The lowest BCUT2D eigenvalue weighted by Gasteiger charge is -2.38. The van der Waals surface area contributed by atoms with Gasteiger partial charge in [-0.05, 0) is 18.3 Å². The van der Waals surface area contributed by atoms with Crippen LogP contribution in [0.25, 0.3) is 0 Å². The topological polar surface area (TPSA) is 55.0 Å². The molecule has 0 amide bonds. The molecule has 0 unspecified atom stereocenters. The van der Waals surface area contributed by atoms with E-state index in [1.54, 1.807) is 0 Å². The lowest BCUT2D eigenvalue weighted by molar-refractivity contribution is 0.292. The highest BCUT2D eigenvalue weighted by molar-refractivity contribution is 5.47. The normalized spacial score (nSPS) is 19.3. The summed E-state index contributed by atoms with van der Waals surface area (Å²) < 4.78 is 0. The van der Waals surface area contributed by atoms with Crippen molar-refractivity contribution in [3.63, 3.8) is 0 Å². The molecule has 2 heterocycles. The molecule has 0 aromatic carbocycles. The molecule has 1 aromatic rings. The van der Waals surface area contributed by atoms with Gasteiger partial charge in [-0.1, -0.05) is 27.7 Å². The molecule has 2 rings (SSSR count). The Labute approximate surface area is 110 Å². The number of aromatic nitrogens is 2. The Morgan fingerprint density at radius 2 is 2.06 bits per heavy atom. The molecule has 1 saturated heterocycles. The molecule has 0 aliphatic carbocycles. The lowest BCUT2D eigenvalue weighted by Crippen LogP contribution is -2.40. The summed E-state index contributed by atoms with van der Waals surface area (Å²) in [5.74, 6) is 2.71. The third-order valence-corrected chi connectivity index (χ3v) is 3.49. The number of nitrogens with zero attached hydrogens (tertiary/aromatic N) is 3. The first-order valence-electron chi connectivity index (χ1n) is 6.77. The maximum atomic E-state index is 5.89. The van der Waals surface area contributed by atoms with E-state index in [9.17, 15) is 0 Å². The predicted octanol–water partition coefficient (Wildman–Crippen LogP) is 2.81. The van der Waals surface area contributed by atoms with Crippen LogP contribution in [0.4, 0.5) is 11.6 Å². The van der Waals surface area contributed by atoms with Crippen molar-refractivity contribution >= 4 is 11.6 Å². The van der Waals surface area contributed by atoms with Gasteiger partial charge < -0.3 is 10.6 Å². The molecule has 18 heavy (non-hydrogen) atoms. The summed E-state index contributed by atoms with van der Waals surface area (Å²) in [6.45, 7) is 10.9. The van der Waals surface area contributed by atoms with Crippen molar-refractivity contribution in [2.24, 2.45) is 5.41 Å². The van der Waals surface area contributed by atoms with Crippen molar-refractivity contribution in [3.8, 4) is 0 Å². The molecule has 0 atom stereocenters. The number of nitrogens with two attached hydrogens (primary N) is 1. The average Bonchev–Trinajstić information content (AvgIpc) is 2.26. The fraction of sp³-hybridized carbons (Fsp3) is 0.714.